The van der Waals surface area contributed by atoms with Gasteiger partial charge in [0.05, 0.1) is 12.7 Å². The molecular formula is C12H16ClNO2. The minimum absolute atomic E-state index is 0.0299. The normalized spacial score (nSPS) is 17.8. The van der Waals surface area contributed by atoms with Gasteiger partial charge in [-0.1, -0.05) is 17.7 Å². The molecule has 0 radical (unpaired) electrons. The van der Waals surface area contributed by atoms with Crippen LogP contribution in [0.2, 0.25) is 5.02 Å². The molecule has 0 saturated carbocycles. The zero-order valence-corrected chi connectivity index (χ0v) is 9.82. The minimum atomic E-state index is -0.163. The van der Waals surface area contributed by atoms with E-state index in [-0.39, 0.29) is 12.7 Å². The van der Waals surface area contributed by atoms with Crippen molar-refractivity contribution in [1.82, 2.24) is 0 Å². The van der Waals surface area contributed by atoms with Crippen LogP contribution in [0.4, 0.5) is 5.69 Å². The van der Waals surface area contributed by atoms with Gasteiger partial charge in [-0.2, -0.15) is 0 Å². The number of nitrogens with zero attached hydrogens (tertiary/aromatic N) is 1. The zero-order chi connectivity index (χ0) is 11.5. The number of rotatable bonds is 2. The summed E-state index contributed by atoms with van der Waals surface area (Å²) in [6, 6.07) is 5.70. The molecule has 88 valence electrons. The lowest BCUT2D eigenvalue weighted by Crippen LogP contribution is -2.35. The van der Waals surface area contributed by atoms with Gasteiger partial charge in [0.2, 0.25) is 0 Å². The zero-order valence-electron chi connectivity index (χ0n) is 9.06. The third-order valence-electron chi connectivity index (χ3n) is 3.04. The van der Waals surface area contributed by atoms with Crippen molar-refractivity contribution in [2.75, 3.05) is 18.0 Å². The fourth-order valence-electron chi connectivity index (χ4n) is 1.99. The molecule has 4 heteroatoms. The largest absolute Gasteiger partial charge is 0.393 e. The Kier molecular flexibility index (Phi) is 3.69. The molecule has 0 aromatic heterocycles. The van der Waals surface area contributed by atoms with Crippen LogP contribution in [-0.4, -0.2) is 29.4 Å². The molecule has 0 aliphatic carbocycles. The van der Waals surface area contributed by atoms with Crippen LogP contribution in [0.5, 0.6) is 0 Å². The fourth-order valence-corrected chi connectivity index (χ4v) is 2.22. The predicted octanol–water partition coefficient (Wildman–Crippen LogP) is 1.79. The lowest BCUT2D eigenvalue weighted by atomic mass is 10.1. The van der Waals surface area contributed by atoms with Crippen LogP contribution < -0.4 is 4.90 Å². The van der Waals surface area contributed by atoms with Crippen molar-refractivity contribution in [3.05, 3.63) is 28.8 Å². The van der Waals surface area contributed by atoms with Gasteiger partial charge in [0.25, 0.3) is 0 Å². The summed E-state index contributed by atoms with van der Waals surface area (Å²) in [6.45, 7) is 1.68. The summed E-state index contributed by atoms with van der Waals surface area (Å²) in [5, 5.41) is 19.1. The Morgan fingerprint density at radius 1 is 1.31 bits per heavy atom. The molecule has 1 heterocycles. The molecule has 0 unspecified atom stereocenters. The molecule has 16 heavy (non-hydrogen) atoms. The summed E-state index contributed by atoms with van der Waals surface area (Å²) in [5.74, 6) is 0. The summed E-state index contributed by atoms with van der Waals surface area (Å²) in [4.78, 5) is 2.21. The smallest absolute Gasteiger partial charge is 0.0696 e. The fraction of sp³-hybridized carbons (Fsp3) is 0.500. The quantitative estimate of drug-likeness (QED) is 0.830. The molecule has 1 aromatic carbocycles. The number of hydrogen-bond donors (Lipinski definition) is 2. The van der Waals surface area contributed by atoms with Gasteiger partial charge >= 0.3 is 0 Å². The van der Waals surface area contributed by atoms with Gasteiger partial charge in [0, 0.05) is 23.8 Å². The molecule has 1 aliphatic rings. The number of hydrogen-bond acceptors (Lipinski definition) is 3. The van der Waals surface area contributed by atoms with Crippen LogP contribution in [0.3, 0.4) is 0 Å². The van der Waals surface area contributed by atoms with Crippen LogP contribution in [0, 0.1) is 0 Å². The average Bonchev–Trinajstić information content (AvgIpc) is 2.30. The van der Waals surface area contributed by atoms with Gasteiger partial charge < -0.3 is 15.1 Å². The molecule has 1 fully saturated rings. The Balaban J connectivity index is 2.12. The Labute approximate surface area is 100 Å². The molecule has 2 rings (SSSR count). The first-order chi connectivity index (χ1) is 7.70. The molecule has 1 saturated heterocycles. The summed E-state index contributed by atoms with van der Waals surface area (Å²) < 4.78 is 0. The van der Waals surface area contributed by atoms with Crippen molar-refractivity contribution in [1.29, 1.82) is 0 Å². The highest BCUT2D eigenvalue weighted by atomic mass is 35.5. The molecule has 0 atom stereocenters. The van der Waals surface area contributed by atoms with E-state index in [4.69, 9.17) is 16.7 Å². The van der Waals surface area contributed by atoms with Crippen molar-refractivity contribution in [2.45, 2.75) is 25.6 Å². The maximum absolute atomic E-state index is 9.42. The van der Waals surface area contributed by atoms with E-state index in [1.54, 1.807) is 0 Å². The number of halogens is 1. The topological polar surface area (TPSA) is 43.7 Å². The Bertz CT molecular complexity index is 362. The third kappa shape index (κ3) is 2.48. The summed E-state index contributed by atoms with van der Waals surface area (Å²) in [6.07, 6.45) is 1.45. The van der Waals surface area contributed by atoms with Crippen LogP contribution in [0.25, 0.3) is 0 Å². The predicted molar refractivity (Wildman–Crippen MR) is 64.8 cm³/mol. The number of anilines is 1. The first-order valence-electron chi connectivity index (χ1n) is 5.53. The highest BCUT2D eigenvalue weighted by Crippen LogP contribution is 2.26. The van der Waals surface area contributed by atoms with Crippen LogP contribution in [-0.2, 0) is 6.61 Å². The maximum Gasteiger partial charge on any atom is 0.0696 e. The Morgan fingerprint density at radius 2 is 2.00 bits per heavy atom. The molecule has 1 aliphatic heterocycles. The van der Waals surface area contributed by atoms with Gasteiger partial charge in [0.15, 0.2) is 0 Å². The summed E-state index contributed by atoms with van der Waals surface area (Å²) in [5.41, 5.74) is 1.82. The maximum atomic E-state index is 9.42. The highest BCUT2D eigenvalue weighted by molar-refractivity contribution is 6.31. The monoisotopic (exact) mass is 241 g/mol. The van der Waals surface area contributed by atoms with Gasteiger partial charge in [-0.05, 0) is 30.5 Å². The van der Waals surface area contributed by atoms with Gasteiger partial charge in [0.1, 0.15) is 0 Å². The number of aliphatic hydroxyl groups is 2. The molecule has 0 spiro atoms. The van der Waals surface area contributed by atoms with E-state index >= 15 is 0 Å². The number of benzene rings is 1. The van der Waals surface area contributed by atoms with Gasteiger partial charge in [-0.3, -0.25) is 0 Å². The van der Waals surface area contributed by atoms with Crippen molar-refractivity contribution in [2.24, 2.45) is 0 Å². The summed E-state index contributed by atoms with van der Waals surface area (Å²) >= 11 is 6.04. The number of aliphatic hydroxyl groups excluding tert-OH is 2. The van der Waals surface area contributed by atoms with Crippen molar-refractivity contribution in [3.63, 3.8) is 0 Å². The first-order valence-corrected chi connectivity index (χ1v) is 5.91. The average molecular weight is 242 g/mol. The molecule has 0 bridgehead atoms. The lowest BCUT2D eigenvalue weighted by Gasteiger charge is -2.31. The van der Waals surface area contributed by atoms with E-state index in [1.165, 1.54) is 0 Å². The summed E-state index contributed by atoms with van der Waals surface area (Å²) in [7, 11) is 0. The minimum Gasteiger partial charge on any atom is -0.393 e. The standard InChI is InChI=1S/C12H16ClNO2/c13-12-7-10(2-1-9(12)8-15)14-5-3-11(16)4-6-14/h1-2,7,11,15-16H,3-6,8H2. The molecule has 3 nitrogen and oxygen atoms in total. The van der Waals surface area contributed by atoms with Crippen molar-refractivity contribution in [3.8, 4) is 0 Å². The third-order valence-corrected chi connectivity index (χ3v) is 3.39. The second-order valence-corrected chi connectivity index (χ2v) is 4.56. The first kappa shape index (κ1) is 11.7. The number of piperidine rings is 1. The van der Waals surface area contributed by atoms with Crippen LogP contribution in [0.1, 0.15) is 18.4 Å². The Morgan fingerprint density at radius 3 is 2.56 bits per heavy atom. The van der Waals surface area contributed by atoms with E-state index in [9.17, 15) is 5.11 Å². The SMILES string of the molecule is OCc1ccc(N2CCC(O)CC2)cc1Cl. The van der Waals surface area contributed by atoms with E-state index in [0.717, 1.165) is 37.2 Å². The van der Waals surface area contributed by atoms with Crippen LogP contribution in [0.15, 0.2) is 18.2 Å². The van der Waals surface area contributed by atoms with Crippen molar-refractivity contribution < 1.29 is 10.2 Å². The molecule has 0 amide bonds. The lowest BCUT2D eigenvalue weighted by molar-refractivity contribution is 0.145. The molecule has 1 aromatic rings. The highest BCUT2D eigenvalue weighted by Gasteiger charge is 2.17. The van der Waals surface area contributed by atoms with E-state index in [0.29, 0.717) is 5.02 Å². The molecule has 2 N–H and O–H groups in total. The second-order valence-electron chi connectivity index (χ2n) is 4.15. The van der Waals surface area contributed by atoms with Crippen LogP contribution >= 0.6 is 11.6 Å². The van der Waals surface area contributed by atoms with E-state index < -0.39 is 0 Å². The molecular weight excluding hydrogens is 226 g/mol. The van der Waals surface area contributed by atoms with Gasteiger partial charge in [-0.15, -0.1) is 0 Å². The van der Waals surface area contributed by atoms with E-state index in [2.05, 4.69) is 4.90 Å². The second kappa shape index (κ2) is 5.04. The Hall–Kier alpha value is -0.770. The van der Waals surface area contributed by atoms with Crippen molar-refractivity contribution >= 4 is 17.3 Å². The van der Waals surface area contributed by atoms with E-state index in [1.807, 2.05) is 18.2 Å². The van der Waals surface area contributed by atoms with Gasteiger partial charge in [-0.25, -0.2) is 0 Å².